The second-order valence-electron chi connectivity index (χ2n) is 2.60. The van der Waals surface area contributed by atoms with Crippen LogP contribution in [0.5, 0.6) is 11.5 Å². The Morgan fingerprint density at radius 3 is 2.57 bits per heavy atom. The van der Waals surface area contributed by atoms with Crippen LogP contribution in [0, 0.1) is 0 Å². The number of isothiocyanates is 1. The van der Waals surface area contributed by atoms with Gasteiger partial charge >= 0.3 is 0 Å². The van der Waals surface area contributed by atoms with E-state index in [4.69, 9.17) is 9.47 Å². The molecule has 1 rings (SSSR count). The first-order valence-electron chi connectivity index (χ1n) is 4.06. The zero-order valence-corrected chi connectivity index (χ0v) is 8.93. The van der Waals surface area contributed by atoms with Gasteiger partial charge in [0.25, 0.3) is 0 Å². The molecule has 1 aromatic rings. The van der Waals surface area contributed by atoms with Crippen LogP contribution in [0.3, 0.4) is 0 Å². The van der Waals surface area contributed by atoms with Crippen LogP contribution < -0.4 is 9.47 Å². The van der Waals surface area contributed by atoms with Crippen LogP contribution in [-0.4, -0.2) is 19.4 Å². The molecule has 0 spiro atoms. The maximum atomic E-state index is 5.14. The predicted molar refractivity (Wildman–Crippen MR) is 58.3 cm³/mol. The van der Waals surface area contributed by atoms with Crippen LogP contribution in [0.25, 0.3) is 0 Å². The monoisotopic (exact) mass is 209 g/mol. The van der Waals surface area contributed by atoms with Crippen molar-refractivity contribution >= 4 is 17.4 Å². The summed E-state index contributed by atoms with van der Waals surface area (Å²) in [6.45, 7) is 0.518. The van der Waals surface area contributed by atoms with Crippen LogP contribution >= 0.6 is 12.2 Å². The molecule has 1 aromatic carbocycles. The van der Waals surface area contributed by atoms with Gasteiger partial charge in [0.2, 0.25) is 0 Å². The van der Waals surface area contributed by atoms with Crippen LogP contribution in [0.2, 0.25) is 0 Å². The zero-order valence-electron chi connectivity index (χ0n) is 8.11. The fourth-order valence-corrected chi connectivity index (χ4v) is 1.17. The summed E-state index contributed by atoms with van der Waals surface area (Å²) < 4.78 is 10.2. The van der Waals surface area contributed by atoms with Crippen molar-refractivity contribution in [2.24, 2.45) is 4.99 Å². The second-order valence-corrected chi connectivity index (χ2v) is 2.78. The number of ether oxygens (including phenoxy) is 2. The third-order valence-corrected chi connectivity index (χ3v) is 1.90. The molecule has 0 aromatic heterocycles. The van der Waals surface area contributed by atoms with E-state index in [0.717, 1.165) is 5.56 Å². The van der Waals surface area contributed by atoms with Crippen molar-refractivity contribution in [1.29, 1.82) is 0 Å². The van der Waals surface area contributed by atoms with Gasteiger partial charge in [-0.1, -0.05) is 6.07 Å². The Hall–Kier alpha value is -1.38. The molecule has 0 radical (unpaired) electrons. The molecular formula is C10H11NO2S. The molecule has 74 valence electrons. The van der Waals surface area contributed by atoms with Gasteiger partial charge in [-0.3, -0.25) is 0 Å². The Kier molecular flexibility index (Phi) is 4.11. The minimum atomic E-state index is 0.518. The van der Waals surface area contributed by atoms with E-state index in [1.165, 1.54) is 0 Å². The first kappa shape index (κ1) is 10.7. The third kappa shape index (κ3) is 2.55. The van der Waals surface area contributed by atoms with Crippen molar-refractivity contribution in [2.45, 2.75) is 6.54 Å². The quantitative estimate of drug-likeness (QED) is 0.563. The third-order valence-electron chi connectivity index (χ3n) is 1.77. The predicted octanol–water partition coefficient (Wildman–Crippen LogP) is 2.31. The van der Waals surface area contributed by atoms with Crippen LogP contribution in [0.1, 0.15) is 5.56 Å². The standard InChI is InChI=1S/C10H11NO2S/c1-12-9-4-3-8(6-11-7-14)5-10(9)13-2/h3-5H,6H2,1-2H3. The van der Waals surface area contributed by atoms with Crippen molar-refractivity contribution in [3.8, 4) is 11.5 Å². The molecule has 0 N–H and O–H groups in total. The van der Waals surface area contributed by atoms with Crippen LogP contribution in [-0.2, 0) is 6.54 Å². The summed E-state index contributed by atoms with van der Waals surface area (Å²) in [6, 6.07) is 5.62. The molecular weight excluding hydrogens is 198 g/mol. The molecule has 0 saturated carbocycles. The lowest BCUT2D eigenvalue weighted by molar-refractivity contribution is 0.354. The number of aliphatic imine (C=N–C) groups is 1. The highest BCUT2D eigenvalue weighted by Gasteiger charge is 2.03. The summed E-state index contributed by atoms with van der Waals surface area (Å²) in [4.78, 5) is 3.84. The number of methoxy groups -OCH3 is 2. The van der Waals surface area contributed by atoms with E-state index in [2.05, 4.69) is 22.4 Å². The van der Waals surface area contributed by atoms with Gasteiger partial charge in [0.05, 0.1) is 25.9 Å². The number of rotatable bonds is 4. The molecule has 0 atom stereocenters. The number of thiocarbonyl (C=S) groups is 1. The first-order chi connectivity index (χ1) is 6.81. The normalized spacial score (nSPS) is 9.00. The average molecular weight is 209 g/mol. The maximum absolute atomic E-state index is 5.14. The largest absolute Gasteiger partial charge is 0.493 e. The summed E-state index contributed by atoms with van der Waals surface area (Å²) in [7, 11) is 3.21. The van der Waals surface area contributed by atoms with E-state index in [0.29, 0.717) is 18.0 Å². The Morgan fingerprint density at radius 1 is 1.29 bits per heavy atom. The van der Waals surface area contributed by atoms with E-state index in [1.807, 2.05) is 18.2 Å². The highest BCUT2D eigenvalue weighted by molar-refractivity contribution is 7.78. The van der Waals surface area contributed by atoms with E-state index in [-0.39, 0.29) is 0 Å². The van der Waals surface area contributed by atoms with Gasteiger partial charge in [-0.05, 0) is 29.9 Å². The van der Waals surface area contributed by atoms with Crippen molar-refractivity contribution in [3.05, 3.63) is 23.8 Å². The van der Waals surface area contributed by atoms with Crippen molar-refractivity contribution in [2.75, 3.05) is 14.2 Å². The SMILES string of the molecule is COc1ccc(CN=C=S)cc1OC. The fourth-order valence-electron chi connectivity index (χ4n) is 1.10. The Morgan fingerprint density at radius 2 is 2.00 bits per heavy atom. The first-order valence-corrected chi connectivity index (χ1v) is 4.47. The van der Waals surface area contributed by atoms with E-state index in [9.17, 15) is 0 Å². The molecule has 14 heavy (non-hydrogen) atoms. The minimum absolute atomic E-state index is 0.518. The number of hydrogen-bond acceptors (Lipinski definition) is 4. The Labute approximate surface area is 88.4 Å². The van der Waals surface area contributed by atoms with Gasteiger partial charge in [0.15, 0.2) is 11.5 Å². The van der Waals surface area contributed by atoms with Crippen molar-refractivity contribution in [3.63, 3.8) is 0 Å². The van der Waals surface area contributed by atoms with Crippen molar-refractivity contribution < 1.29 is 9.47 Å². The molecule has 0 fully saturated rings. The highest BCUT2D eigenvalue weighted by Crippen LogP contribution is 2.27. The van der Waals surface area contributed by atoms with Gasteiger partial charge in [0, 0.05) is 0 Å². The number of nitrogens with zero attached hydrogens (tertiary/aromatic N) is 1. The lowest BCUT2D eigenvalue weighted by atomic mass is 10.2. The second kappa shape index (κ2) is 5.37. The van der Waals surface area contributed by atoms with E-state index >= 15 is 0 Å². The molecule has 0 unspecified atom stereocenters. The number of benzene rings is 1. The molecule has 0 saturated heterocycles. The fraction of sp³-hybridized carbons (Fsp3) is 0.300. The van der Waals surface area contributed by atoms with E-state index in [1.54, 1.807) is 14.2 Å². The molecule has 0 heterocycles. The van der Waals surface area contributed by atoms with E-state index < -0.39 is 0 Å². The highest BCUT2D eigenvalue weighted by atomic mass is 32.1. The van der Waals surface area contributed by atoms with Gasteiger partial charge in [-0.15, -0.1) is 0 Å². The topological polar surface area (TPSA) is 30.8 Å². The van der Waals surface area contributed by atoms with Crippen LogP contribution in [0.4, 0.5) is 0 Å². The van der Waals surface area contributed by atoms with Crippen molar-refractivity contribution in [1.82, 2.24) is 0 Å². The molecule has 0 aliphatic heterocycles. The van der Waals surface area contributed by atoms with Gasteiger partial charge < -0.3 is 9.47 Å². The van der Waals surface area contributed by atoms with Gasteiger partial charge in [-0.25, -0.2) is 4.99 Å². The lowest BCUT2D eigenvalue weighted by Crippen LogP contribution is -1.91. The zero-order chi connectivity index (χ0) is 10.4. The molecule has 3 nitrogen and oxygen atoms in total. The summed E-state index contributed by atoms with van der Waals surface area (Å²) in [5.74, 6) is 1.41. The summed E-state index contributed by atoms with van der Waals surface area (Å²) in [5, 5.41) is 2.32. The summed E-state index contributed by atoms with van der Waals surface area (Å²) in [5.41, 5.74) is 1.01. The molecule has 0 aliphatic carbocycles. The summed E-state index contributed by atoms with van der Waals surface area (Å²) >= 11 is 4.49. The number of hydrogen-bond donors (Lipinski definition) is 0. The van der Waals surface area contributed by atoms with Gasteiger partial charge in [0.1, 0.15) is 0 Å². The Balaban J connectivity index is 2.94. The van der Waals surface area contributed by atoms with Crippen LogP contribution in [0.15, 0.2) is 23.2 Å². The average Bonchev–Trinajstić information content (AvgIpc) is 2.25. The molecule has 4 heteroatoms. The summed E-state index contributed by atoms with van der Waals surface area (Å²) in [6.07, 6.45) is 0. The molecule has 0 aliphatic rings. The Bertz CT molecular complexity index is 359. The minimum Gasteiger partial charge on any atom is -0.493 e. The lowest BCUT2D eigenvalue weighted by Gasteiger charge is -2.07. The molecule has 0 amide bonds. The van der Waals surface area contributed by atoms with Gasteiger partial charge in [-0.2, -0.15) is 0 Å². The molecule has 0 bridgehead atoms. The maximum Gasteiger partial charge on any atom is 0.161 e. The smallest absolute Gasteiger partial charge is 0.161 e.